The van der Waals surface area contributed by atoms with Crippen LogP contribution in [0.5, 0.6) is 5.75 Å². The van der Waals surface area contributed by atoms with E-state index >= 15 is 0 Å². The number of nitrogens with one attached hydrogen (secondary N) is 1. The van der Waals surface area contributed by atoms with Crippen LogP contribution in [0.1, 0.15) is 32.4 Å². The van der Waals surface area contributed by atoms with Crippen LogP contribution in [-0.4, -0.2) is 32.5 Å². The molecule has 2 unspecified atom stereocenters. The third-order valence-corrected chi connectivity index (χ3v) is 3.54. The fraction of sp³-hybridized carbons (Fsp3) is 0.600. The second-order valence-electron chi connectivity index (χ2n) is 5.30. The molecular weight excluding hydrogens is 242 g/mol. The highest BCUT2D eigenvalue weighted by molar-refractivity contribution is 5.53. The van der Waals surface area contributed by atoms with Crippen LogP contribution in [0.3, 0.4) is 0 Å². The summed E-state index contributed by atoms with van der Waals surface area (Å²) in [5, 5.41) is 3.30. The van der Waals surface area contributed by atoms with Crippen molar-refractivity contribution in [3.8, 4) is 5.75 Å². The molecule has 0 aromatic heterocycles. The lowest BCUT2D eigenvalue weighted by Crippen LogP contribution is -2.50. The molecule has 1 aromatic carbocycles. The molecule has 4 nitrogen and oxygen atoms in total. The molecule has 0 saturated heterocycles. The van der Waals surface area contributed by atoms with Gasteiger partial charge in [-0.3, -0.25) is 0 Å². The highest BCUT2D eigenvalue weighted by Crippen LogP contribution is 2.43. The Morgan fingerprint density at radius 3 is 2.58 bits per heavy atom. The second kappa shape index (κ2) is 5.39. The summed E-state index contributed by atoms with van der Waals surface area (Å²) in [6.07, 6.45) is -0.260. The Morgan fingerprint density at radius 2 is 2.00 bits per heavy atom. The Labute approximate surface area is 115 Å². The molecule has 1 N–H and O–H groups in total. The molecule has 0 spiro atoms. The first-order valence-electron chi connectivity index (χ1n) is 6.66. The summed E-state index contributed by atoms with van der Waals surface area (Å²) in [6, 6.07) is 6.10. The third kappa shape index (κ3) is 2.55. The standard InChI is InChI=1S/C15H23NO3/c1-6-16-10-7-8-12-11(9-10)13(17-4)14(18-5)15(2,3)19-12/h7-9,13-14,16H,6H2,1-5H3. The lowest BCUT2D eigenvalue weighted by Gasteiger charge is -2.43. The predicted molar refractivity (Wildman–Crippen MR) is 75.9 cm³/mol. The Hall–Kier alpha value is -1.26. The minimum Gasteiger partial charge on any atom is -0.485 e. The molecule has 106 valence electrons. The fourth-order valence-corrected chi connectivity index (χ4v) is 2.70. The topological polar surface area (TPSA) is 39.7 Å². The molecule has 1 aliphatic heterocycles. The zero-order chi connectivity index (χ0) is 14.0. The van der Waals surface area contributed by atoms with Gasteiger partial charge in [-0.2, -0.15) is 0 Å². The molecule has 2 atom stereocenters. The van der Waals surface area contributed by atoms with Crippen molar-refractivity contribution >= 4 is 5.69 Å². The van der Waals surface area contributed by atoms with E-state index < -0.39 is 5.60 Å². The van der Waals surface area contributed by atoms with E-state index in [2.05, 4.69) is 18.3 Å². The van der Waals surface area contributed by atoms with Crippen molar-refractivity contribution in [3.05, 3.63) is 23.8 Å². The van der Waals surface area contributed by atoms with Crippen molar-refractivity contribution in [2.24, 2.45) is 0 Å². The zero-order valence-corrected chi connectivity index (χ0v) is 12.3. The van der Waals surface area contributed by atoms with Crippen molar-refractivity contribution in [1.29, 1.82) is 0 Å². The number of anilines is 1. The highest BCUT2D eigenvalue weighted by Gasteiger charge is 2.44. The Morgan fingerprint density at radius 1 is 1.26 bits per heavy atom. The van der Waals surface area contributed by atoms with Crippen LogP contribution in [0, 0.1) is 0 Å². The number of benzene rings is 1. The normalized spacial score (nSPS) is 24.5. The molecule has 0 aliphatic carbocycles. The maximum Gasteiger partial charge on any atom is 0.132 e. The summed E-state index contributed by atoms with van der Waals surface area (Å²) in [6.45, 7) is 7.00. The van der Waals surface area contributed by atoms with E-state index in [0.717, 1.165) is 23.5 Å². The Kier molecular flexibility index (Phi) is 4.02. The summed E-state index contributed by atoms with van der Waals surface area (Å²) in [5.74, 6) is 0.867. The van der Waals surface area contributed by atoms with Crippen LogP contribution in [0.4, 0.5) is 5.69 Å². The predicted octanol–water partition coefficient (Wildman–Crippen LogP) is 2.99. The second-order valence-corrected chi connectivity index (χ2v) is 5.30. The molecule has 4 heteroatoms. The summed E-state index contributed by atoms with van der Waals surface area (Å²) in [4.78, 5) is 0. The summed E-state index contributed by atoms with van der Waals surface area (Å²) in [7, 11) is 3.41. The van der Waals surface area contributed by atoms with Gasteiger partial charge >= 0.3 is 0 Å². The van der Waals surface area contributed by atoms with Crippen molar-refractivity contribution < 1.29 is 14.2 Å². The van der Waals surface area contributed by atoms with E-state index in [9.17, 15) is 0 Å². The number of methoxy groups -OCH3 is 2. The third-order valence-electron chi connectivity index (χ3n) is 3.54. The SMILES string of the molecule is CCNc1ccc2c(c1)C(OC)C(OC)C(C)(C)O2. The van der Waals surface area contributed by atoms with Crippen molar-refractivity contribution in [2.45, 2.75) is 38.6 Å². The molecule has 1 aliphatic rings. The van der Waals surface area contributed by atoms with Gasteiger partial charge in [-0.25, -0.2) is 0 Å². The van der Waals surface area contributed by atoms with Gasteiger partial charge in [-0.1, -0.05) is 0 Å². The van der Waals surface area contributed by atoms with Crippen LogP contribution in [0.25, 0.3) is 0 Å². The van der Waals surface area contributed by atoms with Gasteiger partial charge in [0.1, 0.15) is 23.6 Å². The first-order valence-corrected chi connectivity index (χ1v) is 6.66. The summed E-state index contributed by atoms with van der Waals surface area (Å²) >= 11 is 0. The zero-order valence-electron chi connectivity index (χ0n) is 12.3. The number of hydrogen-bond acceptors (Lipinski definition) is 4. The van der Waals surface area contributed by atoms with E-state index in [-0.39, 0.29) is 12.2 Å². The number of rotatable bonds is 4. The largest absolute Gasteiger partial charge is 0.485 e. The first kappa shape index (κ1) is 14.2. The van der Waals surface area contributed by atoms with Gasteiger partial charge in [0.25, 0.3) is 0 Å². The van der Waals surface area contributed by atoms with Crippen molar-refractivity contribution in [2.75, 3.05) is 26.1 Å². The maximum absolute atomic E-state index is 6.06. The Balaban J connectivity index is 2.44. The Bertz CT molecular complexity index is 445. The fourth-order valence-electron chi connectivity index (χ4n) is 2.70. The number of ether oxygens (including phenoxy) is 3. The van der Waals surface area contributed by atoms with Gasteiger partial charge in [0.15, 0.2) is 0 Å². The van der Waals surface area contributed by atoms with Gasteiger partial charge < -0.3 is 19.5 Å². The van der Waals surface area contributed by atoms with Crippen LogP contribution < -0.4 is 10.1 Å². The summed E-state index contributed by atoms with van der Waals surface area (Å²) in [5.41, 5.74) is 1.69. The molecule has 1 aromatic rings. The molecule has 0 radical (unpaired) electrons. The van der Waals surface area contributed by atoms with Crippen molar-refractivity contribution in [1.82, 2.24) is 0 Å². The van der Waals surface area contributed by atoms with E-state index in [1.54, 1.807) is 14.2 Å². The molecular formula is C15H23NO3. The van der Waals surface area contributed by atoms with Gasteiger partial charge in [-0.05, 0) is 39.0 Å². The van der Waals surface area contributed by atoms with Gasteiger partial charge in [0, 0.05) is 32.0 Å². The monoisotopic (exact) mass is 265 g/mol. The van der Waals surface area contributed by atoms with Gasteiger partial charge in [0.05, 0.1) is 0 Å². The average molecular weight is 265 g/mol. The van der Waals surface area contributed by atoms with E-state index in [1.165, 1.54) is 0 Å². The van der Waals surface area contributed by atoms with Crippen LogP contribution in [0.2, 0.25) is 0 Å². The van der Waals surface area contributed by atoms with Crippen LogP contribution in [0.15, 0.2) is 18.2 Å². The molecule has 0 saturated carbocycles. The van der Waals surface area contributed by atoms with Crippen molar-refractivity contribution in [3.63, 3.8) is 0 Å². The lowest BCUT2D eigenvalue weighted by atomic mass is 9.88. The number of fused-ring (bicyclic) bond motifs is 1. The molecule has 19 heavy (non-hydrogen) atoms. The molecule has 0 bridgehead atoms. The maximum atomic E-state index is 6.06. The smallest absolute Gasteiger partial charge is 0.132 e. The molecule has 1 heterocycles. The minimum atomic E-state index is -0.415. The average Bonchev–Trinajstić information content (AvgIpc) is 2.37. The lowest BCUT2D eigenvalue weighted by molar-refractivity contribution is -0.140. The quantitative estimate of drug-likeness (QED) is 0.908. The van der Waals surface area contributed by atoms with Crippen LogP contribution in [-0.2, 0) is 9.47 Å². The number of hydrogen-bond donors (Lipinski definition) is 1. The summed E-state index contributed by atoms with van der Waals surface area (Å²) < 4.78 is 17.3. The minimum absolute atomic E-state index is 0.123. The van der Waals surface area contributed by atoms with E-state index in [4.69, 9.17) is 14.2 Å². The van der Waals surface area contributed by atoms with E-state index in [0.29, 0.717) is 0 Å². The van der Waals surface area contributed by atoms with Gasteiger partial charge in [-0.15, -0.1) is 0 Å². The molecule has 0 amide bonds. The molecule has 0 fully saturated rings. The molecule has 2 rings (SSSR count). The van der Waals surface area contributed by atoms with Crippen LogP contribution >= 0.6 is 0 Å². The first-order chi connectivity index (χ1) is 9.03. The van der Waals surface area contributed by atoms with Gasteiger partial charge in [0.2, 0.25) is 0 Å². The highest BCUT2D eigenvalue weighted by atomic mass is 16.6. The van der Waals surface area contributed by atoms with E-state index in [1.807, 2.05) is 26.0 Å².